The molecular formula is C15H29N3O. The van der Waals surface area contributed by atoms with Gasteiger partial charge in [0.1, 0.15) is 0 Å². The summed E-state index contributed by atoms with van der Waals surface area (Å²) in [5, 5.41) is 0. The van der Waals surface area contributed by atoms with E-state index in [9.17, 15) is 4.79 Å². The first kappa shape index (κ1) is 14.8. The molecule has 0 aromatic rings. The molecule has 0 aromatic heterocycles. The number of nitrogens with zero attached hydrogens (tertiary/aromatic N) is 2. The molecule has 0 radical (unpaired) electrons. The number of carbonyl (C=O) groups is 1. The van der Waals surface area contributed by atoms with Crippen molar-refractivity contribution in [2.45, 2.75) is 64.6 Å². The van der Waals surface area contributed by atoms with Crippen LogP contribution in [0.15, 0.2) is 0 Å². The zero-order valence-corrected chi connectivity index (χ0v) is 12.6. The molecule has 4 nitrogen and oxygen atoms in total. The molecule has 4 heteroatoms. The SMILES string of the molecule is CC1CN(CC(=O)N2C(C)CCCC2C)CCC1N. The van der Waals surface area contributed by atoms with Crippen LogP contribution >= 0.6 is 0 Å². The number of carbonyl (C=O) groups excluding carboxylic acids is 1. The topological polar surface area (TPSA) is 49.6 Å². The van der Waals surface area contributed by atoms with Gasteiger partial charge in [0.15, 0.2) is 0 Å². The molecule has 2 saturated heterocycles. The van der Waals surface area contributed by atoms with E-state index in [1.165, 1.54) is 6.42 Å². The highest BCUT2D eigenvalue weighted by atomic mass is 16.2. The van der Waals surface area contributed by atoms with Gasteiger partial charge in [0, 0.05) is 31.2 Å². The summed E-state index contributed by atoms with van der Waals surface area (Å²) in [5.41, 5.74) is 6.04. The zero-order chi connectivity index (χ0) is 14.0. The molecule has 4 unspecified atom stereocenters. The lowest BCUT2D eigenvalue weighted by Gasteiger charge is -2.41. The fourth-order valence-corrected chi connectivity index (χ4v) is 3.58. The largest absolute Gasteiger partial charge is 0.336 e. The predicted octanol–water partition coefficient (Wildman–Crippen LogP) is 1.45. The number of nitrogens with two attached hydrogens (primary N) is 1. The summed E-state index contributed by atoms with van der Waals surface area (Å²) in [6.07, 6.45) is 4.57. The van der Waals surface area contributed by atoms with E-state index in [1.807, 2.05) is 0 Å². The van der Waals surface area contributed by atoms with E-state index < -0.39 is 0 Å². The van der Waals surface area contributed by atoms with Crippen LogP contribution in [0.3, 0.4) is 0 Å². The third-order valence-electron chi connectivity index (χ3n) is 4.90. The van der Waals surface area contributed by atoms with Gasteiger partial charge >= 0.3 is 0 Å². The summed E-state index contributed by atoms with van der Waals surface area (Å²) in [6, 6.07) is 1.11. The van der Waals surface area contributed by atoms with E-state index in [0.717, 1.165) is 32.4 Å². The Balaban J connectivity index is 1.89. The molecule has 0 spiro atoms. The van der Waals surface area contributed by atoms with E-state index in [4.69, 9.17) is 5.73 Å². The number of amides is 1. The zero-order valence-electron chi connectivity index (χ0n) is 12.6. The van der Waals surface area contributed by atoms with Gasteiger partial charge in [-0.1, -0.05) is 6.92 Å². The molecule has 2 aliphatic rings. The molecular weight excluding hydrogens is 238 g/mol. The van der Waals surface area contributed by atoms with Crippen LogP contribution in [-0.2, 0) is 4.79 Å². The summed E-state index contributed by atoms with van der Waals surface area (Å²) < 4.78 is 0. The highest BCUT2D eigenvalue weighted by Crippen LogP contribution is 2.23. The Bertz CT molecular complexity index is 311. The molecule has 2 rings (SSSR count). The normalized spacial score (nSPS) is 37.4. The minimum atomic E-state index is 0.305. The van der Waals surface area contributed by atoms with E-state index in [1.54, 1.807) is 0 Å². The Morgan fingerprint density at radius 2 is 1.79 bits per heavy atom. The molecule has 2 N–H and O–H groups in total. The average molecular weight is 267 g/mol. The molecule has 1 amide bonds. The summed E-state index contributed by atoms with van der Waals surface area (Å²) in [7, 11) is 0. The second-order valence-electron chi connectivity index (χ2n) is 6.59. The summed E-state index contributed by atoms with van der Waals surface area (Å²) >= 11 is 0. The average Bonchev–Trinajstić information content (AvgIpc) is 2.33. The summed E-state index contributed by atoms with van der Waals surface area (Å²) in [5.74, 6) is 0.806. The van der Waals surface area contributed by atoms with E-state index >= 15 is 0 Å². The van der Waals surface area contributed by atoms with Crippen LogP contribution in [0.2, 0.25) is 0 Å². The number of rotatable bonds is 2. The smallest absolute Gasteiger partial charge is 0.237 e. The maximum absolute atomic E-state index is 12.5. The van der Waals surface area contributed by atoms with Crippen LogP contribution in [0.1, 0.15) is 46.5 Å². The maximum Gasteiger partial charge on any atom is 0.237 e. The molecule has 0 aliphatic carbocycles. The molecule has 110 valence electrons. The fraction of sp³-hybridized carbons (Fsp3) is 0.933. The van der Waals surface area contributed by atoms with Crippen LogP contribution in [0.5, 0.6) is 0 Å². The van der Waals surface area contributed by atoms with Crippen LogP contribution < -0.4 is 5.73 Å². The van der Waals surface area contributed by atoms with Gasteiger partial charge in [-0.3, -0.25) is 9.69 Å². The third kappa shape index (κ3) is 3.48. The summed E-state index contributed by atoms with van der Waals surface area (Å²) in [4.78, 5) is 16.9. The van der Waals surface area contributed by atoms with Gasteiger partial charge in [-0.2, -0.15) is 0 Å². The quantitative estimate of drug-likeness (QED) is 0.824. The van der Waals surface area contributed by atoms with Gasteiger partial charge in [-0.25, -0.2) is 0 Å². The minimum absolute atomic E-state index is 0.305. The Labute approximate surface area is 117 Å². The second-order valence-corrected chi connectivity index (χ2v) is 6.59. The number of likely N-dealkylation sites (tertiary alicyclic amines) is 2. The third-order valence-corrected chi connectivity index (χ3v) is 4.90. The van der Waals surface area contributed by atoms with E-state index in [2.05, 4.69) is 30.6 Å². The Hall–Kier alpha value is -0.610. The highest BCUT2D eigenvalue weighted by molar-refractivity contribution is 5.79. The van der Waals surface area contributed by atoms with E-state index in [-0.39, 0.29) is 0 Å². The molecule has 0 aromatic carbocycles. The molecule has 19 heavy (non-hydrogen) atoms. The first-order valence-electron chi connectivity index (χ1n) is 7.78. The molecule has 4 atom stereocenters. The Kier molecular flexibility index (Phi) is 4.85. The van der Waals surface area contributed by atoms with Crippen molar-refractivity contribution < 1.29 is 4.79 Å². The fourth-order valence-electron chi connectivity index (χ4n) is 3.58. The first-order valence-corrected chi connectivity index (χ1v) is 7.78. The second kappa shape index (κ2) is 6.23. The molecule has 0 saturated carbocycles. The number of hydrogen-bond acceptors (Lipinski definition) is 3. The lowest BCUT2D eigenvalue weighted by atomic mass is 9.94. The molecule has 0 bridgehead atoms. The van der Waals surface area contributed by atoms with Crippen molar-refractivity contribution in [3.63, 3.8) is 0 Å². The van der Waals surface area contributed by atoms with Crippen LogP contribution in [0.25, 0.3) is 0 Å². The van der Waals surface area contributed by atoms with Crippen molar-refractivity contribution in [2.24, 2.45) is 11.7 Å². The van der Waals surface area contributed by atoms with Crippen molar-refractivity contribution in [3.8, 4) is 0 Å². The van der Waals surface area contributed by atoms with Gasteiger partial charge in [0.25, 0.3) is 0 Å². The van der Waals surface area contributed by atoms with Crippen LogP contribution in [-0.4, -0.2) is 53.5 Å². The lowest BCUT2D eigenvalue weighted by molar-refractivity contribution is -0.139. The van der Waals surface area contributed by atoms with Gasteiger partial charge in [-0.05, 0) is 45.4 Å². The van der Waals surface area contributed by atoms with Crippen LogP contribution in [0, 0.1) is 5.92 Å². The van der Waals surface area contributed by atoms with Gasteiger partial charge in [0.2, 0.25) is 5.91 Å². The first-order chi connectivity index (χ1) is 8.99. The van der Waals surface area contributed by atoms with Crippen molar-refractivity contribution in [3.05, 3.63) is 0 Å². The highest BCUT2D eigenvalue weighted by Gasteiger charge is 2.31. The Morgan fingerprint density at radius 3 is 2.37 bits per heavy atom. The number of piperidine rings is 2. The van der Waals surface area contributed by atoms with Gasteiger partial charge < -0.3 is 10.6 Å². The molecule has 2 fully saturated rings. The van der Waals surface area contributed by atoms with Crippen molar-refractivity contribution in [1.29, 1.82) is 0 Å². The maximum atomic E-state index is 12.5. The minimum Gasteiger partial charge on any atom is -0.336 e. The number of hydrogen-bond donors (Lipinski definition) is 1. The summed E-state index contributed by atoms with van der Waals surface area (Å²) in [6.45, 7) is 9.06. The van der Waals surface area contributed by atoms with Crippen molar-refractivity contribution in [2.75, 3.05) is 19.6 Å². The van der Waals surface area contributed by atoms with Crippen molar-refractivity contribution in [1.82, 2.24) is 9.80 Å². The Morgan fingerprint density at radius 1 is 1.16 bits per heavy atom. The van der Waals surface area contributed by atoms with Crippen LogP contribution in [0.4, 0.5) is 0 Å². The predicted molar refractivity (Wildman–Crippen MR) is 77.8 cm³/mol. The molecule has 2 aliphatic heterocycles. The monoisotopic (exact) mass is 267 g/mol. The lowest BCUT2D eigenvalue weighted by Crippen LogP contribution is -2.53. The van der Waals surface area contributed by atoms with Crippen molar-refractivity contribution >= 4 is 5.91 Å². The standard InChI is InChI=1S/C15H29N3O/c1-11-9-17(8-7-14(11)16)10-15(19)18-12(2)5-4-6-13(18)3/h11-14H,4-10,16H2,1-3H3. The molecule has 2 heterocycles. The van der Waals surface area contributed by atoms with Gasteiger partial charge in [-0.15, -0.1) is 0 Å². The van der Waals surface area contributed by atoms with Gasteiger partial charge in [0.05, 0.1) is 6.54 Å². The van der Waals surface area contributed by atoms with E-state index in [0.29, 0.717) is 36.5 Å².